The Morgan fingerprint density at radius 3 is 2.09 bits per heavy atom. The summed E-state index contributed by atoms with van der Waals surface area (Å²) in [5.41, 5.74) is 0.000680. The van der Waals surface area contributed by atoms with Crippen LogP contribution in [0.2, 0.25) is 0 Å². The van der Waals surface area contributed by atoms with Gasteiger partial charge in [0.25, 0.3) is 0 Å². The summed E-state index contributed by atoms with van der Waals surface area (Å²) in [6.45, 7) is 2.00. The van der Waals surface area contributed by atoms with Crippen LogP contribution >= 0.6 is 0 Å². The molecule has 0 heterocycles. The van der Waals surface area contributed by atoms with Gasteiger partial charge in [0, 0.05) is 6.42 Å². The molecule has 34 heavy (non-hydrogen) atoms. The van der Waals surface area contributed by atoms with Crippen LogP contribution in [-0.2, 0) is 22.6 Å². The summed E-state index contributed by atoms with van der Waals surface area (Å²) in [4.78, 5) is 25.1. The van der Waals surface area contributed by atoms with Crippen LogP contribution in [0.15, 0.2) is 54.6 Å². The fourth-order valence-electron chi connectivity index (χ4n) is 6.63. The largest absolute Gasteiger partial charge is 0.489 e. The first-order valence-corrected chi connectivity index (χ1v) is 12.3. The standard InChI is InChI=1S/C28H33NO5/c1-27(25(30)31,14-19-7-9-24(10-8-19)33-18-20-5-3-2-4-6-20)29-26(32)34-28-15-21-11-22(16-28)13-23(12-21)17-28/h2-10,21-23H,11-18H2,1H3,(H,29,32)(H,30,31)/t21?,22?,23?,27-,28?/m1/s1. The topological polar surface area (TPSA) is 84.9 Å². The molecule has 6 nitrogen and oxygen atoms in total. The minimum atomic E-state index is -1.47. The van der Waals surface area contributed by atoms with Gasteiger partial charge in [0.1, 0.15) is 23.5 Å². The zero-order valence-electron chi connectivity index (χ0n) is 19.7. The maximum Gasteiger partial charge on any atom is 0.408 e. The van der Waals surface area contributed by atoms with E-state index in [-0.39, 0.29) is 6.42 Å². The van der Waals surface area contributed by atoms with Crippen molar-refractivity contribution in [3.63, 3.8) is 0 Å². The van der Waals surface area contributed by atoms with Crippen LogP contribution in [0.25, 0.3) is 0 Å². The van der Waals surface area contributed by atoms with E-state index < -0.39 is 23.2 Å². The fraction of sp³-hybridized carbons (Fsp3) is 0.500. The molecule has 0 saturated heterocycles. The number of hydrogen-bond acceptors (Lipinski definition) is 4. The Morgan fingerprint density at radius 1 is 0.941 bits per heavy atom. The molecular formula is C28H33NO5. The number of carboxylic acid groups (broad SMARTS) is 1. The Labute approximate surface area is 200 Å². The Balaban J connectivity index is 1.20. The van der Waals surface area contributed by atoms with Crippen LogP contribution in [0.1, 0.15) is 56.6 Å². The number of rotatable bonds is 8. The molecule has 4 bridgehead atoms. The van der Waals surface area contributed by atoms with Crippen molar-refractivity contribution in [1.82, 2.24) is 5.32 Å². The molecule has 2 aromatic carbocycles. The van der Waals surface area contributed by atoms with E-state index in [4.69, 9.17) is 9.47 Å². The summed E-state index contributed by atoms with van der Waals surface area (Å²) in [5.74, 6) is 1.56. The Bertz CT molecular complexity index is 999. The van der Waals surface area contributed by atoms with Gasteiger partial charge in [0.05, 0.1) is 0 Å². The molecule has 1 amide bonds. The van der Waals surface area contributed by atoms with Gasteiger partial charge in [-0.15, -0.1) is 0 Å². The van der Waals surface area contributed by atoms with Crippen molar-refractivity contribution in [2.45, 2.75) is 69.6 Å². The Kier molecular flexibility index (Phi) is 6.00. The van der Waals surface area contributed by atoms with Crippen molar-refractivity contribution >= 4 is 12.1 Å². The maximum absolute atomic E-state index is 12.9. The van der Waals surface area contributed by atoms with Crippen LogP contribution in [0.5, 0.6) is 5.75 Å². The number of alkyl carbamates (subject to hydrolysis) is 1. The van der Waals surface area contributed by atoms with Crippen LogP contribution in [0, 0.1) is 17.8 Å². The monoisotopic (exact) mass is 463 g/mol. The molecule has 0 radical (unpaired) electrons. The Morgan fingerprint density at radius 2 is 1.53 bits per heavy atom. The number of carbonyl (C=O) groups is 2. The number of amides is 1. The number of carbonyl (C=O) groups excluding carboxylic acids is 1. The molecular weight excluding hydrogens is 430 g/mol. The first-order chi connectivity index (χ1) is 16.3. The summed E-state index contributed by atoms with van der Waals surface area (Å²) < 4.78 is 11.8. The molecule has 0 aromatic heterocycles. The van der Waals surface area contributed by atoms with E-state index in [0.717, 1.165) is 30.4 Å². The van der Waals surface area contributed by atoms with Crippen molar-refractivity contribution in [1.29, 1.82) is 0 Å². The highest BCUT2D eigenvalue weighted by Gasteiger charge is 2.53. The van der Waals surface area contributed by atoms with Crippen molar-refractivity contribution in [3.8, 4) is 5.75 Å². The zero-order valence-corrected chi connectivity index (χ0v) is 19.7. The maximum atomic E-state index is 12.9. The number of carboxylic acids is 1. The van der Waals surface area contributed by atoms with Gasteiger partial charge in [0.2, 0.25) is 0 Å². The van der Waals surface area contributed by atoms with Gasteiger partial charge >= 0.3 is 12.1 Å². The van der Waals surface area contributed by atoms with E-state index in [1.165, 1.54) is 26.2 Å². The van der Waals surface area contributed by atoms with Crippen LogP contribution in [-0.4, -0.2) is 28.3 Å². The molecule has 0 spiro atoms. The van der Waals surface area contributed by atoms with Crippen molar-refractivity contribution in [3.05, 3.63) is 65.7 Å². The summed E-state index contributed by atoms with van der Waals surface area (Å²) in [5, 5.41) is 12.6. The fourth-order valence-corrected chi connectivity index (χ4v) is 6.63. The predicted molar refractivity (Wildman–Crippen MR) is 127 cm³/mol. The van der Waals surface area contributed by atoms with Gasteiger partial charge in [-0.2, -0.15) is 0 Å². The van der Waals surface area contributed by atoms with E-state index in [9.17, 15) is 14.7 Å². The van der Waals surface area contributed by atoms with Gasteiger partial charge in [-0.3, -0.25) is 0 Å². The minimum Gasteiger partial charge on any atom is -0.489 e. The second-order valence-corrected chi connectivity index (χ2v) is 10.8. The SMILES string of the molecule is C[C@](Cc1ccc(OCc2ccccc2)cc1)(NC(=O)OC12CC3CC(CC(C3)C1)C2)C(=O)O. The van der Waals surface area contributed by atoms with Crippen molar-refractivity contribution in [2.24, 2.45) is 17.8 Å². The molecule has 6 rings (SSSR count). The Hall–Kier alpha value is -3.02. The predicted octanol–water partition coefficient (Wildman–Crippen LogP) is 5.35. The lowest BCUT2D eigenvalue weighted by atomic mass is 9.54. The average Bonchev–Trinajstić information content (AvgIpc) is 2.78. The molecule has 6 heteroatoms. The second-order valence-electron chi connectivity index (χ2n) is 10.8. The normalized spacial score (nSPS) is 28.7. The molecule has 0 aliphatic heterocycles. The van der Waals surface area contributed by atoms with Crippen molar-refractivity contribution < 1.29 is 24.2 Å². The lowest BCUT2D eigenvalue weighted by molar-refractivity contribution is -0.146. The van der Waals surface area contributed by atoms with Gasteiger partial charge < -0.3 is 19.9 Å². The zero-order chi connectivity index (χ0) is 23.8. The average molecular weight is 464 g/mol. The molecule has 4 aliphatic carbocycles. The number of ether oxygens (including phenoxy) is 2. The molecule has 2 aromatic rings. The summed E-state index contributed by atoms with van der Waals surface area (Å²) in [7, 11) is 0. The molecule has 180 valence electrons. The molecule has 1 atom stereocenters. The van der Waals surface area contributed by atoms with Gasteiger partial charge in [-0.05, 0) is 86.5 Å². The van der Waals surface area contributed by atoms with Gasteiger partial charge in [0.15, 0.2) is 0 Å². The molecule has 2 N–H and O–H groups in total. The van der Waals surface area contributed by atoms with Crippen LogP contribution in [0.3, 0.4) is 0 Å². The number of nitrogens with one attached hydrogen (secondary N) is 1. The first kappa shape index (κ1) is 22.8. The van der Waals surface area contributed by atoms with Crippen molar-refractivity contribution in [2.75, 3.05) is 0 Å². The third kappa shape index (κ3) is 4.91. The molecule has 4 saturated carbocycles. The molecule has 4 aliphatic rings. The third-order valence-corrected chi connectivity index (χ3v) is 7.87. The van der Waals surface area contributed by atoms with Crippen LogP contribution in [0.4, 0.5) is 4.79 Å². The second kappa shape index (κ2) is 8.97. The third-order valence-electron chi connectivity index (χ3n) is 7.87. The summed E-state index contributed by atoms with van der Waals surface area (Å²) in [6, 6.07) is 17.2. The van der Waals surface area contributed by atoms with E-state index in [2.05, 4.69) is 5.32 Å². The van der Waals surface area contributed by atoms with E-state index in [1.54, 1.807) is 0 Å². The summed E-state index contributed by atoms with van der Waals surface area (Å²) >= 11 is 0. The van der Waals surface area contributed by atoms with E-state index >= 15 is 0 Å². The number of benzene rings is 2. The number of hydrogen-bond donors (Lipinski definition) is 2. The highest BCUT2D eigenvalue weighted by molar-refractivity contribution is 5.84. The molecule has 4 fully saturated rings. The minimum absolute atomic E-state index is 0.150. The van der Waals surface area contributed by atoms with Gasteiger partial charge in [-0.25, -0.2) is 9.59 Å². The lowest BCUT2D eigenvalue weighted by Crippen LogP contribution is -2.58. The lowest BCUT2D eigenvalue weighted by Gasteiger charge is -2.55. The highest BCUT2D eigenvalue weighted by atomic mass is 16.6. The highest BCUT2D eigenvalue weighted by Crippen LogP contribution is 2.57. The van der Waals surface area contributed by atoms with E-state index in [0.29, 0.717) is 30.1 Å². The molecule has 0 unspecified atom stereocenters. The van der Waals surface area contributed by atoms with E-state index in [1.807, 2.05) is 54.6 Å². The first-order valence-electron chi connectivity index (χ1n) is 12.3. The number of aliphatic carboxylic acids is 1. The smallest absolute Gasteiger partial charge is 0.408 e. The van der Waals surface area contributed by atoms with Gasteiger partial charge in [-0.1, -0.05) is 42.5 Å². The quantitative estimate of drug-likeness (QED) is 0.552. The van der Waals surface area contributed by atoms with Crippen LogP contribution < -0.4 is 10.1 Å². The summed E-state index contributed by atoms with van der Waals surface area (Å²) in [6.07, 6.45) is 6.04.